The van der Waals surface area contributed by atoms with E-state index in [1.165, 1.54) is 12.1 Å². The normalized spacial score (nSPS) is 12.4. The van der Waals surface area contributed by atoms with Crippen LogP contribution >= 0.6 is 0 Å². The van der Waals surface area contributed by atoms with Crippen LogP contribution in [0.3, 0.4) is 0 Å². The van der Waals surface area contributed by atoms with E-state index in [1.54, 1.807) is 12.3 Å². The molecule has 0 unspecified atom stereocenters. The molecule has 9 nitrogen and oxygen atoms in total. The van der Waals surface area contributed by atoms with Crippen molar-refractivity contribution in [3.05, 3.63) is 71.9 Å². The molecule has 38 heavy (non-hydrogen) atoms. The van der Waals surface area contributed by atoms with Crippen LogP contribution < -0.4 is 15.4 Å². The Morgan fingerprint density at radius 3 is 2.61 bits per heavy atom. The van der Waals surface area contributed by atoms with Gasteiger partial charge in [0.1, 0.15) is 5.82 Å². The predicted molar refractivity (Wildman–Crippen MR) is 141 cm³/mol. The maximum Gasteiger partial charge on any atom is 0.258 e. The molecule has 10 heteroatoms. The third kappa shape index (κ3) is 5.65. The van der Waals surface area contributed by atoms with Crippen LogP contribution in [0, 0.1) is 5.82 Å². The summed E-state index contributed by atoms with van der Waals surface area (Å²) in [7, 11) is 0. The Morgan fingerprint density at radius 2 is 1.87 bits per heavy atom. The number of aromatic amines is 1. The van der Waals surface area contributed by atoms with Crippen LogP contribution in [-0.4, -0.2) is 38.7 Å². The molecule has 0 aliphatic carbocycles. The van der Waals surface area contributed by atoms with Gasteiger partial charge in [0.25, 0.3) is 5.91 Å². The van der Waals surface area contributed by atoms with Crippen molar-refractivity contribution in [1.29, 1.82) is 0 Å². The number of anilines is 2. The Bertz CT molecular complexity index is 1410. The number of rotatable bonds is 10. The number of nitrogens with one attached hydrogen (secondary N) is 3. The van der Waals surface area contributed by atoms with Crippen LogP contribution in [0.1, 0.15) is 37.9 Å². The van der Waals surface area contributed by atoms with E-state index in [0.29, 0.717) is 30.4 Å². The summed E-state index contributed by atoms with van der Waals surface area (Å²) >= 11 is 0. The number of H-pyrrole nitrogens is 1. The van der Waals surface area contributed by atoms with Crippen LogP contribution in [0.2, 0.25) is 0 Å². The second kappa shape index (κ2) is 11.4. The topological polar surface area (TPSA) is 114 Å². The zero-order valence-corrected chi connectivity index (χ0v) is 21.3. The molecule has 196 valence electrons. The number of ether oxygens (including phenoxy) is 2. The van der Waals surface area contributed by atoms with Crippen molar-refractivity contribution in [2.45, 2.75) is 45.9 Å². The molecule has 3 heterocycles. The molecule has 4 aromatic rings. The Hall–Kier alpha value is -4.31. The lowest BCUT2D eigenvalue weighted by molar-refractivity contribution is -0.123. The van der Waals surface area contributed by atoms with Gasteiger partial charge in [-0.15, -0.1) is 0 Å². The molecule has 0 radical (unpaired) electrons. The van der Waals surface area contributed by atoms with E-state index in [1.807, 2.05) is 44.3 Å². The molecular weight excluding hydrogens is 487 g/mol. The first-order valence-corrected chi connectivity index (χ1v) is 12.6. The number of carbonyl (C=O) groups is 1. The van der Waals surface area contributed by atoms with Gasteiger partial charge in [-0.2, -0.15) is 5.10 Å². The van der Waals surface area contributed by atoms with E-state index in [4.69, 9.17) is 14.5 Å². The molecule has 1 amide bonds. The largest absolute Gasteiger partial charge is 0.481 e. The van der Waals surface area contributed by atoms with Gasteiger partial charge >= 0.3 is 0 Å². The second-order valence-electron chi connectivity index (χ2n) is 9.02. The van der Waals surface area contributed by atoms with Crippen LogP contribution in [0.15, 0.2) is 54.9 Å². The van der Waals surface area contributed by atoms with Gasteiger partial charge in [-0.3, -0.25) is 9.89 Å². The van der Waals surface area contributed by atoms with Gasteiger partial charge in [-0.1, -0.05) is 26.0 Å². The quantitative estimate of drug-likeness (QED) is 0.268. The van der Waals surface area contributed by atoms with Gasteiger partial charge in [-0.05, 0) is 48.7 Å². The fraction of sp³-hybridized carbons (Fsp3) is 0.286. The van der Waals surface area contributed by atoms with Gasteiger partial charge in [0, 0.05) is 34.6 Å². The maximum atomic E-state index is 14.5. The monoisotopic (exact) mass is 516 g/mol. The summed E-state index contributed by atoms with van der Waals surface area (Å²) in [6, 6.07) is 12.4. The zero-order valence-electron chi connectivity index (χ0n) is 21.3. The van der Waals surface area contributed by atoms with Crippen LogP contribution in [0.5, 0.6) is 5.75 Å². The fourth-order valence-electron chi connectivity index (χ4n) is 4.23. The number of amides is 1. The van der Waals surface area contributed by atoms with E-state index in [0.717, 1.165) is 40.9 Å². The third-order valence-electron chi connectivity index (χ3n) is 6.46. The molecule has 0 fully saturated rings. The minimum atomic E-state index is -0.565. The maximum absolute atomic E-state index is 14.5. The van der Waals surface area contributed by atoms with Crippen LogP contribution in [0.4, 0.5) is 15.9 Å². The number of aromatic nitrogens is 4. The van der Waals surface area contributed by atoms with Crippen LogP contribution in [0.25, 0.3) is 22.5 Å². The standard InChI is InChI=1S/C28H29FN6O3/c1-3-20(4-2)32-26(36)16-38-25-11-18(7-10-23(25)29)27-34-24-15-37-14-22(24)28(35-27)33-21-8-5-17(6-9-21)19-12-30-31-13-19/h5-13,20H,3-4,14-16H2,1-2H3,(H,30,31)(H,32,36)(H,33,34,35). The molecule has 5 rings (SSSR count). The average molecular weight is 517 g/mol. The zero-order chi connectivity index (χ0) is 26.5. The van der Waals surface area contributed by atoms with E-state index >= 15 is 0 Å². The highest BCUT2D eigenvalue weighted by molar-refractivity contribution is 5.78. The molecule has 0 spiro atoms. The molecule has 0 saturated heterocycles. The van der Waals surface area contributed by atoms with Gasteiger partial charge in [0.05, 0.1) is 25.1 Å². The molecular formula is C28H29FN6O3. The summed E-state index contributed by atoms with van der Waals surface area (Å²) in [6.45, 7) is 4.48. The summed E-state index contributed by atoms with van der Waals surface area (Å²) in [5.41, 5.74) is 5.09. The minimum Gasteiger partial charge on any atom is -0.481 e. The predicted octanol–water partition coefficient (Wildman–Crippen LogP) is 5.13. The van der Waals surface area contributed by atoms with Crippen molar-refractivity contribution in [2.24, 2.45) is 0 Å². The second-order valence-corrected chi connectivity index (χ2v) is 9.02. The molecule has 0 bridgehead atoms. The van der Waals surface area contributed by atoms with Crippen molar-refractivity contribution in [1.82, 2.24) is 25.5 Å². The first kappa shape index (κ1) is 25.3. The third-order valence-corrected chi connectivity index (χ3v) is 6.46. The summed E-state index contributed by atoms with van der Waals surface area (Å²) in [6.07, 6.45) is 5.24. The van der Waals surface area contributed by atoms with E-state index < -0.39 is 5.82 Å². The number of nitrogens with zero attached hydrogens (tertiary/aromatic N) is 3. The Morgan fingerprint density at radius 1 is 1.08 bits per heavy atom. The Balaban J connectivity index is 1.36. The highest BCUT2D eigenvalue weighted by atomic mass is 19.1. The van der Waals surface area contributed by atoms with Gasteiger partial charge in [0.15, 0.2) is 24.0 Å². The number of carbonyl (C=O) groups excluding carboxylic acids is 1. The Kier molecular flexibility index (Phi) is 7.60. The van der Waals surface area contributed by atoms with Gasteiger partial charge < -0.3 is 20.1 Å². The van der Waals surface area contributed by atoms with E-state index in [2.05, 4.69) is 25.8 Å². The van der Waals surface area contributed by atoms with Crippen molar-refractivity contribution in [2.75, 3.05) is 11.9 Å². The molecule has 0 atom stereocenters. The minimum absolute atomic E-state index is 0.0353. The molecule has 2 aromatic carbocycles. The number of hydrogen-bond donors (Lipinski definition) is 3. The SMILES string of the molecule is CCC(CC)NC(=O)COc1cc(-c2nc3c(c(Nc4ccc(-c5cn[nH]c5)cc4)n2)COC3)ccc1F. The summed E-state index contributed by atoms with van der Waals surface area (Å²) < 4.78 is 25.7. The van der Waals surface area contributed by atoms with Crippen LogP contribution in [-0.2, 0) is 22.7 Å². The first-order chi connectivity index (χ1) is 18.5. The average Bonchev–Trinajstić information content (AvgIpc) is 3.64. The Labute approximate surface area is 219 Å². The van der Waals surface area contributed by atoms with Crippen molar-refractivity contribution >= 4 is 17.4 Å². The number of halogens is 1. The van der Waals surface area contributed by atoms with Gasteiger partial charge in [-0.25, -0.2) is 14.4 Å². The fourth-order valence-corrected chi connectivity index (χ4v) is 4.23. The number of hydrogen-bond acceptors (Lipinski definition) is 7. The molecule has 3 N–H and O–H groups in total. The lowest BCUT2D eigenvalue weighted by Crippen LogP contribution is -2.37. The summed E-state index contributed by atoms with van der Waals surface area (Å²) in [5.74, 6) is 0.129. The molecule has 0 saturated carbocycles. The highest BCUT2D eigenvalue weighted by Gasteiger charge is 2.22. The number of fused-ring (bicyclic) bond motifs is 1. The van der Waals surface area contributed by atoms with Gasteiger partial charge in [0.2, 0.25) is 0 Å². The van der Waals surface area contributed by atoms with Crippen molar-refractivity contribution in [3.8, 4) is 28.3 Å². The van der Waals surface area contributed by atoms with Crippen molar-refractivity contribution in [3.63, 3.8) is 0 Å². The lowest BCUT2D eigenvalue weighted by Gasteiger charge is -2.15. The van der Waals surface area contributed by atoms with Crippen molar-refractivity contribution < 1.29 is 18.7 Å². The molecule has 2 aromatic heterocycles. The molecule has 1 aliphatic rings. The number of benzene rings is 2. The summed E-state index contributed by atoms with van der Waals surface area (Å²) in [4.78, 5) is 21.6. The molecule has 1 aliphatic heterocycles. The first-order valence-electron chi connectivity index (χ1n) is 12.6. The lowest BCUT2D eigenvalue weighted by atomic mass is 10.1. The smallest absolute Gasteiger partial charge is 0.258 e. The van der Waals surface area contributed by atoms with E-state index in [-0.39, 0.29) is 24.3 Å². The highest BCUT2D eigenvalue weighted by Crippen LogP contribution is 2.32. The summed E-state index contributed by atoms with van der Waals surface area (Å²) in [5, 5.41) is 13.1. The van der Waals surface area contributed by atoms with E-state index in [9.17, 15) is 9.18 Å².